The first-order chi connectivity index (χ1) is 7.85. The second-order valence-corrected chi connectivity index (χ2v) is 4.69. The van der Waals surface area contributed by atoms with E-state index in [0.717, 1.165) is 0 Å². The molecule has 0 aliphatic rings. The van der Waals surface area contributed by atoms with Crippen LogP contribution in [-0.4, -0.2) is 34.5 Å². The molecule has 0 atom stereocenters. The lowest BCUT2D eigenvalue weighted by atomic mass is 9.92. The summed E-state index contributed by atoms with van der Waals surface area (Å²) in [5.74, 6) is 0.156. The predicted molar refractivity (Wildman–Crippen MR) is 66.2 cm³/mol. The Hall–Kier alpha value is -1.14. The number of nitrogens with one attached hydrogen (secondary N) is 2. The zero-order valence-electron chi connectivity index (χ0n) is 9.71. The smallest absolute Gasteiger partial charge is 0.228 e. The molecule has 1 heterocycles. The van der Waals surface area contributed by atoms with E-state index in [-0.39, 0.29) is 22.4 Å². The van der Waals surface area contributed by atoms with Crippen molar-refractivity contribution < 1.29 is 4.79 Å². The van der Waals surface area contributed by atoms with Gasteiger partial charge in [0.25, 0.3) is 0 Å². The molecule has 0 unspecified atom stereocenters. The molecule has 17 heavy (non-hydrogen) atoms. The van der Waals surface area contributed by atoms with Crippen LogP contribution in [0.4, 0.5) is 5.95 Å². The highest BCUT2D eigenvalue weighted by Gasteiger charge is 2.26. The molecule has 0 spiro atoms. The van der Waals surface area contributed by atoms with Crippen molar-refractivity contribution in [1.29, 1.82) is 0 Å². The number of aromatic nitrogens is 3. The number of rotatable bonds is 4. The van der Waals surface area contributed by atoms with Crippen LogP contribution >= 0.6 is 23.2 Å². The lowest BCUT2D eigenvalue weighted by Crippen LogP contribution is -2.39. The molecule has 8 heteroatoms. The minimum atomic E-state index is -0.597. The van der Waals surface area contributed by atoms with Crippen molar-refractivity contribution in [2.75, 3.05) is 18.9 Å². The van der Waals surface area contributed by atoms with E-state index in [2.05, 4.69) is 25.6 Å². The highest BCUT2D eigenvalue weighted by Crippen LogP contribution is 2.16. The number of anilines is 1. The Labute approximate surface area is 109 Å². The summed E-state index contributed by atoms with van der Waals surface area (Å²) >= 11 is 11.2. The monoisotopic (exact) mass is 277 g/mol. The lowest BCUT2D eigenvalue weighted by molar-refractivity contribution is -0.128. The maximum Gasteiger partial charge on any atom is 0.228 e. The molecule has 0 bridgehead atoms. The van der Waals surface area contributed by atoms with Gasteiger partial charge in [0.05, 0.1) is 5.41 Å². The minimum Gasteiger partial charge on any atom is -0.359 e. The molecular weight excluding hydrogens is 265 g/mol. The third-order valence-electron chi connectivity index (χ3n) is 2.11. The minimum absolute atomic E-state index is 0.00486. The van der Waals surface area contributed by atoms with E-state index in [1.54, 1.807) is 20.9 Å². The summed E-state index contributed by atoms with van der Waals surface area (Å²) in [5, 5.41) is 5.48. The average molecular weight is 278 g/mol. The predicted octanol–water partition coefficient (Wildman–Crippen LogP) is 1.36. The van der Waals surface area contributed by atoms with Gasteiger partial charge in [-0.3, -0.25) is 4.79 Å². The Morgan fingerprint density at radius 1 is 1.24 bits per heavy atom. The molecule has 1 aromatic heterocycles. The quantitative estimate of drug-likeness (QED) is 0.869. The van der Waals surface area contributed by atoms with Crippen molar-refractivity contribution in [3.05, 3.63) is 10.6 Å². The average Bonchev–Trinajstić information content (AvgIpc) is 2.24. The van der Waals surface area contributed by atoms with Crippen LogP contribution in [0.5, 0.6) is 0 Å². The highest BCUT2D eigenvalue weighted by atomic mass is 35.5. The van der Waals surface area contributed by atoms with Crippen LogP contribution in [0, 0.1) is 5.41 Å². The first-order valence-corrected chi connectivity index (χ1v) is 5.64. The van der Waals surface area contributed by atoms with Gasteiger partial charge in [0.1, 0.15) is 0 Å². The molecule has 0 radical (unpaired) electrons. The van der Waals surface area contributed by atoms with Gasteiger partial charge in [0.2, 0.25) is 22.4 Å². The molecule has 1 amide bonds. The van der Waals surface area contributed by atoms with Crippen LogP contribution in [0.2, 0.25) is 10.6 Å². The van der Waals surface area contributed by atoms with Gasteiger partial charge < -0.3 is 10.6 Å². The van der Waals surface area contributed by atoms with Gasteiger partial charge in [-0.05, 0) is 37.0 Å². The molecule has 6 nitrogen and oxygen atoms in total. The van der Waals surface area contributed by atoms with E-state index in [0.29, 0.717) is 6.54 Å². The van der Waals surface area contributed by atoms with E-state index < -0.39 is 5.41 Å². The van der Waals surface area contributed by atoms with Gasteiger partial charge in [0.15, 0.2) is 0 Å². The van der Waals surface area contributed by atoms with Crippen molar-refractivity contribution >= 4 is 35.1 Å². The molecule has 2 N–H and O–H groups in total. The SMILES string of the molecule is CNC(=O)C(C)(C)CNc1nc(Cl)nc(Cl)n1. The van der Waals surface area contributed by atoms with Gasteiger partial charge in [0, 0.05) is 13.6 Å². The fraction of sp³-hybridized carbons (Fsp3) is 0.556. The Balaban J connectivity index is 2.70. The maximum atomic E-state index is 11.5. The molecule has 1 aromatic rings. The molecule has 0 aliphatic heterocycles. The highest BCUT2D eigenvalue weighted by molar-refractivity contribution is 6.31. The first-order valence-electron chi connectivity index (χ1n) is 4.88. The van der Waals surface area contributed by atoms with Gasteiger partial charge in [-0.1, -0.05) is 0 Å². The van der Waals surface area contributed by atoms with Gasteiger partial charge in [-0.25, -0.2) is 0 Å². The van der Waals surface area contributed by atoms with Crippen LogP contribution in [0.15, 0.2) is 0 Å². The Kier molecular flexibility index (Phi) is 4.47. The molecule has 0 aromatic carbocycles. The number of carbonyl (C=O) groups excluding carboxylic acids is 1. The summed E-state index contributed by atoms with van der Waals surface area (Å²) in [7, 11) is 1.58. The summed E-state index contributed by atoms with van der Waals surface area (Å²) in [6.45, 7) is 3.94. The van der Waals surface area contributed by atoms with Crippen molar-refractivity contribution in [2.45, 2.75) is 13.8 Å². The van der Waals surface area contributed by atoms with E-state index in [1.807, 2.05) is 0 Å². The number of hydrogen-bond donors (Lipinski definition) is 2. The molecule has 1 rings (SSSR count). The maximum absolute atomic E-state index is 11.5. The number of amides is 1. The van der Waals surface area contributed by atoms with Crippen LogP contribution in [0.25, 0.3) is 0 Å². The van der Waals surface area contributed by atoms with Crippen molar-refractivity contribution in [2.24, 2.45) is 5.41 Å². The zero-order valence-corrected chi connectivity index (χ0v) is 11.2. The lowest BCUT2D eigenvalue weighted by Gasteiger charge is -2.22. The Bertz CT molecular complexity index is 404. The summed E-state index contributed by atoms with van der Waals surface area (Å²) in [4.78, 5) is 22.8. The van der Waals surface area contributed by atoms with Crippen LogP contribution in [-0.2, 0) is 4.79 Å². The van der Waals surface area contributed by atoms with E-state index in [9.17, 15) is 4.79 Å². The standard InChI is InChI=1S/C9H13Cl2N5O/c1-9(2,5(17)12-3)4-13-8-15-6(10)14-7(11)16-8/h4H2,1-3H3,(H,12,17)(H,13,14,15,16). The number of halogens is 2. The third-order valence-corrected chi connectivity index (χ3v) is 2.45. The normalized spacial score (nSPS) is 11.1. The second-order valence-electron chi connectivity index (χ2n) is 4.01. The van der Waals surface area contributed by atoms with E-state index in [1.165, 1.54) is 0 Å². The number of carbonyl (C=O) groups is 1. The van der Waals surface area contributed by atoms with Crippen molar-refractivity contribution in [3.63, 3.8) is 0 Å². The zero-order chi connectivity index (χ0) is 13.1. The number of nitrogens with zero attached hydrogens (tertiary/aromatic N) is 3. The fourth-order valence-corrected chi connectivity index (χ4v) is 1.49. The summed E-state index contributed by atoms with van der Waals surface area (Å²) in [6, 6.07) is 0. The largest absolute Gasteiger partial charge is 0.359 e. The van der Waals surface area contributed by atoms with Gasteiger partial charge in [-0.2, -0.15) is 15.0 Å². The van der Waals surface area contributed by atoms with Crippen molar-refractivity contribution in [1.82, 2.24) is 20.3 Å². The van der Waals surface area contributed by atoms with Gasteiger partial charge >= 0.3 is 0 Å². The Morgan fingerprint density at radius 3 is 2.24 bits per heavy atom. The fourth-order valence-electron chi connectivity index (χ4n) is 1.12. The van der Waals surface area contributed by atoms with Crippen LogP contribution in [0.3, 0.4) is 0 Å². The molecule has 94 valence electrons. The third kappa shape index (κ3) is 3.98. The molecule has 0 fully saturated rings. The molecule has 0 saturated heterocycles. The Morgan fingerprint density at radius 2 is 1.76 bits per heavy atom. The van der Waals surface area contributed by atoms with E-state index in [4.69, 9.17) is 23.2 Å². The van der Waals surface area contributed by atoms with Crippen LogP contribution < -0.4 is 10.6 Å². The molecular formula is C9H13Cl2N5O. The van der Waals surface area contributed by atoms with Gasteiger partial charge in [-0.15, -0.1) is 0 Å². The summed E-state index contributed by atoms with van der Waals surface area (Å²) < 4.78 is 0. The van der Waals surface area contributed by atoms with Crippen LogP contribution in [0.1, 0.15) is 13.8 Å². The summed E-state index contributed by atoms with van der Waals surface area (Å²) in [5.41, 5.74) is -0.597. The number of hydrogen-bond acceptors (Lipinski definition) is 5. The van der Waals surface area contributed by atoms with Crippen molar-refractivity contribution in [3.8, 4) is 0 Å². The molecule has 0 saturated carbocycles. The second kappa shape index (κ2) is 5.46. The molecule has 0 aliphatic carbocycles. The summed E-state index contributed by atoms with van der Waals surface area (Å²) in [6.07, 6.45) is 0. The topological polar surface area (TPSA) is 79.8 Å². The first kappa shape index (κ1) is 13.9. The van der Waals surface area contributed by atoms with E-state index >= 15 is 0 Å².